The molecule has 2 amide bonds. The highest BCUT2D eigenvalue weighted by Gasteiger charge is 2.59. The molecule has 0 radical (unpaired) electrons. The maximum Gasteiger partial charge on any atom is 0.433 e. The number of ether oxygens (including phenoxy) is 3. The molecular formula is C14H20N2O6. The number of methoxy groups -OCH3 is 1. The lowest BCUT2D eigenvalue weighted by Gasteiger charge is -2.33. The molecule has 1 aliphatic carbocycles. The summed E-state index contributed by atoms with van der Waals surface area (Å²) < 4.78 is 14.6. The summed E-state index contributed by atoms with van der Waals surface area (Å²) in [4.78, 5) is 35.6. The summed E-state index contributed by atoms with van der Waals surface area (Å²) in [5.41, 5.74) is 0. The van der Waals surface area contributed by atoms with Crippen LogP contribution in [0.2, 0.25) is 0 Å². The van der Waals surface area contributed by atoms with Crippen molar-refractivity contribution in [3.63, 3.8) is 0 Å². The number of carbonyl (C=O) groups is 3. The van der Waals surface area contributed by atoms with Gasteiger partial charge in [-0.1, -0.05) is 6.08 Å². The van der Waals surface area contributed by atoms with Crippen LogP contribution in [0.1, 0.15) is 20.3 Å². The summed E-state index contributed by atoms with van der Waals surface area (Å²) in [6, 6.07) is -0.299. The predicted octanol–water partition coefficient (Wildman–Crippen LogP) is 1.52. The van der Waals surface area contributed by atoms with E-state index in [1.165, 1.54) is 18.3 Å². The van der Waals surface area contributed by atoms with E-state index in [1.807, 2.05) is 0 Å². The monoisotopic (exact) mass is 312 g/mol. The van der Waals surface area contributed by atoms with E-state index in [0.29, 0.717) is 0 Å². The number of hydrazine groups is 1. The van der Waals surface area contributed by atoms with Gasteiger partial charge in [0.1, 0.15) is 0 Å². The molecule has 0 bridgehead atoms. The molecule has 1 heterocycles. The van der Waals surface area contributed by atoms with Gasteiger partial charge in [0.2, 0.25) is 0 Å². The Kier molecular flexibility index (Phi) is 4.89. The largest absolute Gasteiger partial charge is 0.469 e. The molecule has 1 fully saturated rings. The molecule has 0 spiro atoms. The molecule has 3 unspecified atom stereocenters. The molecule has 122 valence electrons. The van der Waals surface area contributed by atoms with Crippen LogP contribution in [0, 0.1) is 11.8 Å². The second-order valence-corrected chi connectivity index (χ2v) is 4.94. The van der Waals surface area contributed by atoms with Crippen LogP contribution in [0.3, 0.4) is 0 Å². The smallest absolute Gasteiger partial charge is 0.433 e. The molecule has 0 aromatic heterocycles. The third kappa shape index (κ3) is 3.00. The molecule has 8 nitrogen and oxygen atoms in total. The van der Waals surface area contributed by atoms with Gasteiger partial charge >= 0.3 is 18.2 Å². The summed E-state index contributed by atoms with van der Waals surface area (Å²) in [5.74, 6) is -0.430. The SMILES string of the molecule is CCOC(=O)N1C=CC2C(CC(=O)OC)C2N1C(=O)OCC. The van der Waals surface area contributed by atoms with Gasteiger partial charge in [0.05, 0.1) is 32.8 Å². The van der Waals surface area contributed by atoms with Crippen molar-refractivity contribution in [1.82, 2.24) is 10.0 Å². The number of hydrogen-bond acceptors (Lipinski definition) is 6. The van der Waals surface area contributed by atoms with E-state index < -0.39 is 12.2 Å². The van der Waals surface area contributed by atoms with E-state index in [4.69, 9.17) is 9.47 Å². The fourth-order valence-electron chi connectivity index (χ4n) is 2.65. The van der Waals surface area contributed by atoms with Gasteiger partial charge in [-0.2, -0.15) is 5.01 Å². The minimum Gasteiger partial charge on any atom is -0.469 e. The number of nitrogens with zero attached hydrogens (tertiary/aromatic N) is 2. The zero-order valence-electron chi connectivity index (χ0n) is 12.9. The van der Waals surface area contributed by atoms with Crippen LogP contribution in [-0.2, 0) is 19.0 Å². The number of hydrogen-bond donors (Lipinski definition) is 0. The van der Waals surface area contributed by atoms with Crippen molar-refractivity contribution in [2.75, 3.05) is 20.3 Å². The highest BCUT2D eigenvalue weighted by Crippen LogP contribution is 2.50. The Balaban J connectivity index is 2.16. The average molecular weight is 312 g/mol. The molecule has 0 aromatic carbocycles. The third-order valence-corrected chi connectivity index (χ3v) is 3.69. The molecular weight excluding hydrogens is 292 g/mol. The highest BCUT2D eigenvalue weighted by molar-refractivity contribution is 5.77. The van der Waals surface area contributed by atoms with Gasteiger partial charge in [-0.05, 0) is 13.8 Å². The Bertz CT molecular complexity index is 492. The maximum atomic E-state index is 12.2. The van der Waals surface area contributed by atoms with E-state index in [9.17, 15) is 14.4 Å². The predicted molar refractivity (Wildman–Crippen MR) is 74.3 cm³/mol. The van der Waals surface area contributed by atoms with Crippen LogP contribution >= 0.6 is 0 Å². The van der Waals surface area contributed by atoms with Gasteiger partial charge in [-0.25, -0.2) is 14.6 Å². The molecule has 1 saturated carbocycles. The van der Waals surface area contributed by atoms with E-state index >= 15 is 0 Å². The van der Waals surface area contributed by atoms with Crippen molar-refractivity contribution in [1.29, 1.82) is 0 Å². The minimum atomic E-state index is -0.658. The van der Waals surface area contributed by atoms with Crippen molar-refractivity contribution >= 4 is 18.2 Å². The van der Waals surface area contributed by atoms with Crippen molar-refractivity contribution in [2.45, 2.75) is 26.3 Å². The average Bonchev–Trinajstić information content (AvgIpc) is 3.19. The normalized spacial score (nSPS) is 25.3. The molecule has 22 heavy (non-hydrogen) atoms. The van der Waals surface area contributed by atoms with E-state index in [1.54, 1.807) is 19.9 Å². The van der Waals surface area contributed by atoms with Gasteiger partial charge in [-0.15, -0.1) is 0 Å². The first-order chi connectivity index (χ1) is 10.5. The summed E-state index contributed by atoms with van der Waals surface area (Å²) in [6.45, 7) is 3.75. The quantitative estimate of drug-likeness (QED) is 0.578. The van der Waals surface area contributed by atoms with Crippen LogP contribution in [0.25, 0.3) is 0 Å². The summed E-state index contributed by atoms with van der Waals surface area (Å²) in [5, 5.41) is 2.32. The van der Waals surface area contributed by atoms with Gasteiger partial charge in [0.15, 0.2) is 0 Å². The van der Waals surface area contributed by atoms with Crippen LogP contribution in [0.15, 0.2) is 12.3 Å². The zero-order valence-corrected chi connectivity index (χ0v) is 12.9. The third-order valence-electron chi connectivity index (χ3n) is 3.69. The Hall–Kier alpha value is -2.25. The van der Waals surface area contributed by atoms with E-state index in [2.05, 4.69) is 4.74 Å². The van der Waals surface area contributed by atoms with Gasteiger partial charge in [0, 0.05) is 18.0 Å². The lowest BCUT2D eigenvalue weighted by Crippen LogP contribution is -2.50. The van der Waals surface area contributed by atoms with Crippen LogP contribution < -0.4 is 0 Å². The number of esters is 1. The minimum absolute atomic E-state index is 0.00850. The van der Waals surface area contributed by atoms with Gasteiger partial charge in [0.25, 0.3) is 0 Å². The second kappa shape index (κ2) is 6.67. The summed E-state index contributed by atoms with van der Waals surface area (Å²) in [6.07, 6.45) is 2.16. The highest BCUT2D eigenvalue weighted by atomic mass is 16.6. The number of amides is 2. The van der Waals surface area contributed by atoms with Crippen LogP contribution in [0.5, 0.6) is 0 Å². The second-order valence-electron chi connectivity index (χ2n) is 4.94. The molecule has 0 N–H and O–H groups in total. The lowest BCUT2D eigenvalue weighted by atomic mass is 10.2. The van der Waals surface area contributed by atoms with Gasteiger partial charge in [-0.3, -0.25) is 4.79 Å². The van der Waals surface area contributed by atoms with Crippen LogP contribution in [0.4, 0.5) is 9.59 Å². The Morgan fingerprint density at radius 3 is 2.32 bits per heavy atom. The first-order valence-electron chi connectivity index (χ1n) is 7.22. The van der Waals surface area contributed by atoms with Crippen LogP contribution in [-0.4, -0.2) is 54.5 Å². The van der Waals surface area contributed by atoms with Crippen molar-refractivity contribution in [2.24, 2.45) is 11.8 Å². The Morgan fingerprint density at radius 2 is 1.73 bits per heavy atom. The number of fused-ring (bicyclic) bond motifs is 1. The zero-order chi connectivity index (χ0) is 16.3. The molecule has 0 saturated heterocycles. The van der Waals surface area contributed by atoms with Gasteiger partial charge < -0.3 is 14.2 Å². The maximum absolute atomic E-state index is 12.2. The fraction of sp³-hybridized carbons (Fsp3) is 0.643. The molecule has 3 atom stereocenters. The first-order valence-corrected chi connectivity index (χ1v) is 7.22. The van der Waals surface area contributed by atoms with E-state index in [-0.39, 0.29) is 43.5 Å². The topological polar surface area (TPSA) is 85.4 Å². The van der Waals surface area contributed by atoms with Crippen molar-refractivity contribution in [3.05, 3.63) is 12.3 Å². The standard InChI is InChI=1S/C14H20N2O6/c1-4-21-13(18)15-7-6-9-10(8-11(17)20-3)12(9)16(15)14(19)22-5-2/h6-7,9-10,12H,4-5,8H2,1-3H3. The summed E-state index contributed by atoms with van der Waals surface area (Å²) in [7, 11) is 1.32. The number of rotatable bonds is 4. The summed E-state index contributed by atoms with van der Waals surface area (Å²) >= 11 is 0. The molecule has 8 heteroatoms. The lowest BCUT2D eigenvalue weighted by molar-refractivity contribution is -0.141. The Labute approximate surface area is 128 Å². The number of carbonyl (C=O) groups excluding carboxylic acids is 3. The molecule has 1 aliphatic heterocycles. The fourth-order valence-corrected chi connectivity index (χ4v) is 2.65. The molecule has 2 rings (SSSR count). The molecule has 2 aliphatic rings. The first kappa shape index (κ1) is 16.1. The molecule has 0 aromatic rings. The van der Waals surface area contributed by atoms with Crippen molar-refractivity contribution in [3.8, 4) is 0 Å². The Morgan fingerprint density at radius 1 is 1.09 bits per heavy atom. The van der Waals surface area contributed by atoms with E-state index in [0.717, 1.165) is 5.01 Å². The van der Waals surface area contributed by atoms with Crippen molar-refractivity contribution < 1.29 is 28.6 Å².